The van der Waals surface area contributed by atoms with Gasteiger partial charge in [0.1, 0.15) is 11.7 Å². The van der Waals surface area contributed by atoms with Gasteiger partial charge in [-0.2, -0.15) is 0 Å². The van der Waals surface area contributed by atoms with E-state index in [1.54, 1.807) is 6.92 Å². The van der Waals surface area contributed by atoms with E-state index in [9.17, 15) is 9.59 Å². The molecule has 3 nitrogen and oxygen atoms in total. The molecule has 1 rings (SSSR count). The van der Waals surface area contributed by atoms with Crippen LogP contribution in [0.2, 0.25) is 0 Å². The van der Waals surface area contributed by atoms with E-state index in [0.717, 1.165) is 25.7 Å². The van der Waals surface area contributed by atoms with Gasteiger partial charge in [-0.05, 0) is 37.7 Å². The summed E-state index contributed by atoms with van der Waals surface area (Å²) in [6, 6.07) is 10.1. The molecule has 0 aliphatic carbocycles. The second kappa shape index (κ2) is 11.0. The molecule has 1 atom stereocenters. The quantitative estimate of drug-likeness (QED) is 0.443. The second-order valence-electron chi connectivity index (χ2n) is 6.43. The first-order valence-corrected chi connectivity index (χ1v) is 8.77. The van der Waals surface area contributed by atoms with Crippen LogP contribution in [0.1, 0.15) is 58.4 Å². The van der Waals surface area contributed by atoms with Gasteiger partial charge >= 0.3 is 5.97 Å². The van der Waals surface area contributed by atoms with Crippen molar-refractivity contribution < 1.29 is 14.3 Å². The van der Waals surface area contributed by atoms with Crippen molar-refractivity contribution in [3.8, 4) is 0 Å². The Morgan fingerprint density at radius 2 is 1.74 bits per heavy atom. The summed E-state index contributed by atoms with van der Waals surface area (Å²) in [5, 5.41) is 0. The van der Waals surface area contributed by atoms with Gasteiger partial charge in [0.05, 0.1) is 6.61 Å². The van der Waals surface area contributed by atoms with E-state index in [4.69, 9.17) is 4.74 Å². The fourth-order valence-electron chi connectivity index (χ4n) is 2.67. The number of rotatable bonds is 11. The van der Waals surface area contributed by atoms with Crippen LogP contribution in [0.3, 0.4) is 0 Å². The molecular weight excluding hydrogens is 288 g/mol. The fourth-order valence-corrected chi connectivity index (χ4v) is 2.67. The van der Waals surface area contributed by atoms with Crippen LogP contribution in [0, 0.1) is 11.8 Å². The Morgan fingerprint density at radius 1 is 1.04 bits per heavy atom. The molecule has 0 spiro atoms. The maximum Gasteiger partial charge on any atom is 0.316 e. The van der Waals surface area contributed by atoms with Crippen molar-refractivity contribution in [1.29, 1.82) is 0 Å². The third-order valence-corrected chi connectivity index (χ3v) is 3.97. The largest absolute Gasteiger partial charge is 0.465 e. The molecule has 0 aliphatic heterocycles. The Labute approximate surface area is 140 Å². The van der Waals surface area contributed by atoms with Crippen molar-refractivity contribution in [2.75, 3.05) is 6.61 Å². The SMILES string of the molecule is CCOC(=O)C(CCCC(C)C)C(=O)CCCc1ccccc1. The highest BCUT2D eigenvalue weighted by Crippen LogP contribution is 2.18. The minimum atomic E-state index is -0.579. The number of ether oxygens (including phenoxy) is 1. The molecule has 0 bridgehead atoms. The van der Waals surface area contributed by atoms with Gasteiger partial charge in [-0.3, -0.25) is 9.59 Å². The lowest BCUT2D eigenvalue weighted by Crippen LogP contribution is -2.26. The summed E-state index contributed by atoms with van der Waals surface area (Å²) >= 11 is 0. The molecule has 128 valence electrons. The van der Waals surface area contributed by atoms with Gasteiger partial charge in [-0.25, -0.2) is 0 Å². The molecule has 0 saturated heterocycles. The minimum Gasteiger partial charge on any atom is -0.465 e. The maximum absolute atomic E-state index is 12.4. The van der Waals surface area contributed by atoms with Crippen molar-refractivity contribution in [2.45, 2.75) is 59.3 Å². The van der Waals surface area contributed by atoms with Crippen LogP contribution in [0.5, 0.6) is 0 Å². The Kier molecular flexibility index (Phi) is 9.27. The predicted octanol–water partition coefficient (Wildman–Crippen LogP) is 4.58. The normalized spacial score (nSPS) is 12.2. The zero-order valence-electron chi connectivity index (χ0n) is 14.7. The lowest BCUT2D eigenvalue weighted by molar-refractivity contribution is -0.152. The first-order chi connectivity index (χ1) is 11.0. The zero-order chi connectivity index (χ0) is 17.1. The molecule has 0 fully saturated rings. The summed E-state index contributed by atoms with van der Waals surface area (Å²) in [7, 11) is 0. The number of benzene rings is 1. The van der Waals surface area contributed by atoms with Crippen LogP contribution in [-0.4, -0.2) is 18.4 Å². The van der Waals surface area contributed by atoms with Crippen molar-refractivity contribution in [2.24, 2.45) is 11.8 Å². The number of ketones is 1. The van der Waals surface area contributed by atoms with Crippen LogP contribution in [-0.2, 0) is 20.7 Å². The average Bonchev–Trinajstić information content (AvgIpc) is 2.52. The van der Waals surface area contributed by atoms with Gasteiger partial charge in [-0.1, -0.05) is 57.0 Å². The third-order valence-electron chi connectivity index (χ3n) is 3.97. The van der Waals surface area contributed by atoms with Crippen molar-refractivity contribution in [3.05, 3.63) is 35.9 Å². The number of carbonyl (C=O) groups excluding carboxylic acids is 2. The molecule has 3 heteroatoms. The Balaban J connectivity index is 2.47. The minimum absolute atomic E-state index is 0.0307. The molecule has 0 heterocycles. The molecule has 0 aromatic heterocycles. The molecular formula is C20H30O3. The first kappa shape index (κ1) is 19.4. The van der Waals surface area contributed by atoms with E-state index < -0.39 is 5.92 Å². The highest BCUT2D eigenvalue weighted by atomic mass is 16.5. The average molecular weight is 318 g/mol. The summed E-state index contributed by atoms with van der Waals surface area (Å²) in [5.41, 5.74) is 1.23. The molecule has 1 aromatic carbocycles. The maximum atomic E-state index is 12.4. The molecule has 0 aliphatic rings. The first-order valence-electron chi connectivity index (χ1n) is 8.77. The third kappa shape index (κ3) is 7.96. The van der Waals surface area contributed by atoms with Gasteiger partial charge in [0.2, 0.25) is 0 Å². The Bertz CT molecular complexity index is 465. The molecule has 0 radical (unpaired) electrons. The lowest BCUT2D eigenvalue weighted by Gasteiger charge is -2.15. The van der Waals surface area contributed by atoms with Crippen LogP contribution < -0.4 is 0 Å². The number of carbonyl (C=O) groups is 2. The Hall–Kier alpha value is -1.64. The molecule has 0 amide bonds. The van der Waals surface area contributed by atoms with E-state index >= 15 is 0 Å². The van der Waals surface area contributed by atoms with E-state index in [2.05, 4.69) is 26.0 Å². The van der Waals surface area contributed by atoms with Gasteiger partial charge in [0, 0.05) is 6.42 Å². The van der Waals surface area contributed by atoms with Crippen LogP contribution >= 0.6 is 0 Å². The summed E-state index contributed by atoms with van der Waals surface area (Å²) < 4.78 is 5.09. The highest BCUT2D eigenvalue weighted by molar-refractivity contribution is 5.98. The summed E-state index contributed by atoms with van der Waals surface area (Å²) in [6.07, 6.45) is 4.64. The molecule has 1 unspecified atom stereocenters. The van der Waals surface area contributed by atoms with Crippen molar-refractivity contribution in [3.63, 3.8) is 0 Å². The summed E-state index contributed by atoms with van der Waals surface area (Å²) in [4.78, 5) is 24.5. The smallest absolute Gasteiger partial charge is 0.316 e. The number of Topliss-reactive ketones (excluding diaryl/α,β-unsaturated/α-hetero) is 1. The van der Waals surface area contributed by atoms with Crippen LogP contribution in [0.4, 0.5) is 0 Å². The standard InChI is InChI=1S/C20H30O3/c1-4-23-20(22)18(14-8-10-16(2)3)19(21)15-9-13-17-11-6-5-7-12-17/h5-7,11-12,16,18H,4,8-10,13-15H2,1-3H3. The number of hydrogen-bond acceptors (Lipinski definition) is 3. The van der Waals surface area contributed by atoms with E-state index in [-0.39, 0.29) is 11.8 Å². The van der Waals surface area contributed by atoms with E-state index in [1.165, 1.54) is 5.56 Å². The van der Waals surface area contributed by atoms with Gasteiger partial charge in [0.25, 0.3) is 0 Å². The number of esters is 1. The summed E-state index contributed by atoms with van der Waals surface area (Å²) in [5.74, 6) is -0.306. The lowest BCUT2D eigenvalue weighted by atomic mass is 9.92. The van der Waals surface area contributed by atoms with Crippen molar-refractivity contribution in [1.82, 2.24) is 0 Å². The van der Waals surface area contributed by atoms with Gasteiger partial charge in [-0.15, -0.1) is 0 Å². The Morgan fingerprint density at radius 3 is 2.35 bits per heavy atom. The van der Waals surface area contributed by atoms with Gasteiger partial charge < -0.3 is 4.74 Å². The number of aryl methyl sites for hydroxylation is 1. The van der Waals surface area contributed by atoms with E-state index in [0.29, 0.717) is 25.4 Å². The predicted molar refractivity (Wildman–Crippen MR) is 93.2 cm³/mol. The second-order valence-corrected chi connectivity index (χ2v) is 6.43. The molecule has 23 heavy (non-hydrogen) atoms. The van der Waals surface area contributed by atoms with E-state index in [1.807, 2.05) is 18.2 Å². The van der Waals surface area contributed by atoms with Gasteiger partial charge in [0.15, 0.2) is 0 Å². The monoisotopic (exact) mass is 318 g/mol. The molecule has 0 N–H and O–H groups in total. The fraction of sp³-hybridized carbons (Fsp3) is 0.600. The molecule has 0 saturated carbocycles. The number of hydrogen-bond donors (Lipinski definition) is 0. The van der Waals surface area contributed by atoms with Crippen LogP contribution in [0.15, 0.2) is 30.3 Å². The topological polar surface area (TPSA) is 43.4 Å². The molecule has 1 aromatic rings. The van der Waals surface area contributed by atoms with Crippen molar-refractivity contribution >= 4 is 11.8 Å². The van der Waals surface area contributed by atoms with Crippen LogP contribution in [0.25, 0.3) is 0 Å². The highest BCUT2D eigenvalue weighted by Gasteiger charge is 2.26. The summed E-state index contributed by atoms with van der Waals surface area (Å²) in [6.45, 7) is 6.42. The zero-order valence-corrected chi connectivity index (χ0v) is 14.7.